The normalized spacial score (nSPS) is 10.7. The van der Waals surface area contributed by atoms with Crippen molar-refractivity contribution in [2.45, 2.75) is 6.61 Å². The number of benzene rings is 2. The van der Waals surface area contributed by atoms with Crippen LogP contribution in [0.4, 0.5) is 9.18 Å². The van der Waals surface area contributed by atoms with E-state index in [4.69, 9.17) is 15.7 Å². The van der Waals surface area contributed by atoms with Gasteiger partial charge in [0.25, 0.3) is 5.91 Å². The number of carbonyl (C=O) groups is 2. The maximum absolute atomic E-state index is 13.0. The lowest BCUT2D eigenvalue weighted by Crippen LogP contribution is -2.35. The molecule has 8 heteroatoms. The Labute approximate surface area is 157 Å². The van der Waals surface area contributed by atoms with Gasteiger partial charge in [-0.15, -0.1) is 0 Å². The third-order valence-electron chi connectivity index (χ3n) is 3.18. The summed E-state index contributed by atoms with van der Waals surface area (Å²) in [6.07, 6.45) is 1.28. The van der Waals surface area contributed by atoms with Crippen LogP contribution in [0.25, 0.3) is 6.08 Å². The zero-order valence-corrected chi connectivity index (χ0v) is 14.9. The van der Waals surface area contributed by atoms with Crippen LogP contribution in [0.2, 0.25) is 0 Å². The molecule has 6 nitrogen and oxygen atoms in total. The predicted octanol–water partition coefficient (Wildman–Crippen LogP) is 3.27. The Hall–Kier alpha value is -3.18. The first-order valence-corrected chi connectivity index (χ1v) is 8.07. The zero-order valence-electron chi connectivity index (χ0n) is 13.3. The molecule has 0 aliphatic heterocycles. The summed E-state index contributed by atoms with van der Waals surface area (Å²) in [6, 6.07) is 11.5. The fraction of sp³-hybridized carbons (Fsp3) is 0.0556. The van der Waals surface area contributed by atoms with Gasteiger partial charge in [0.05, 0.1) is 0 Å². The molecular formula is C18H13BrFN3O3. The van der Waals surface area contributed by atoms with E-state index in [-0.39, 0.29) is 18.0 Å². The van der Waals surface area contributed by atoms with Crippen molar-refractivity contribution < 1.29 is 18.7 Å². The highest BCUT2D eigenvalue weighted by Gasteiger charge is 2.13. The van der Waals surface area contributed by atoms with Gasteiger partial charge in [-0.3, -0.25) is 10.1 Å². The lowest BCUT2D eigenvalue weighted by molar-refractivity contribution is -0.115. The number of nitriles is 1. The van der Waals surface area contributed by atoms with E-state index in [2.05, 4.69) is 15.9 Å². The Morgan fingerprint density at radius 3 is 2.58 bits per heavy atom. The second-order valence-corrected chi connectivity index (χ2v) is 6.00. The highest BCUT2D eigenvalue weighted by molar-refractivity contribution is 9.10. The molecule has 0 saturated carbocycles. The molecule has 2 aromatic carbocycles. The molecule has 0 spiro atoms. The largest absolute Gasteiger partial charge is 0.488 e. The lowest BCUT2D eigenvalue weighted by atomic mass is 10.1. The molecule has 0 aliphatic rings. The second kappa shape index (κ2) is 8.78. The Bertz CT molecular complexity index is 905. The number of carbonyl (C=O) groups excluding carboxylic acids is 2. The summed E-state index contributed by atoms with van der Waals surface area (Å²) in [5.74, 6) is -0.859. The van der Waals surface area contributed by atoms with Gasteiger partial charge in [0.15, 0.2) is 0 Å². The molecule has 0 atom stereocenters. The first-order valence-electron chi connectivity index (χ1n) is 7.28. The maximum atomic E-state index is 13.0. The molecule has 3 N–H and O–H groups in total. The van der Waals surface area contributed by atoms with Crippen molar-refractivity contribution in [3.63, 3.8) is 0 Å². The van der Waals surface area contributed by atoms with Gasteiger partial charge >= 0.3 is 6.03 Å². The molecule has 26 heavy (non-hydrogen) atoms. The monoisotopic (exact) mass is 417 g/mol. The van der Waals surface area contributed by atoms with Crippen LogP contribution in [-0.4, -0.2) is 11.9 Å². The first kappa shape index (κ1) is 19.1. The Kier molecular flexibility index (Phi) is 6.47. The molecule has 132 valence electrons. The predicted molar refractivity (Wildman–Crippen MR) is 96.2 cm³/mol. The number of primary amides is 1. The van der Waals surface area contributed by atoms with Crippen LogP contribution in [-0.2, 0) is 11.4 Å². The Morgan fingerprint density at radius 2 is 1.96 bits per heavy atom. The number of imide groups is 1. The molecule has 0 bridgehead atoms. The van der Waals surface area contributed by atoms with Crippen LogP contribution in [0.5, 0.6) is 5.75 Å². The smallest absolute Gasteiger partial charge is 0.319 e. The number of nitrogens with zero attached hydrogens (tertiary/aromatic N) is 1. The topological polar surface area (TPSA) is 105 Å². The number of hydrogen-bond donors (Lipinski definition) is 2. The highest BCUT2D eigenvalue weighted by Crippen LogP contribution is 2.26. The van der Waals surface area contributed by atoms with Gasteiger partial charge in [-0.25, -0.2) is 9.18 Å². The Morgan fingerprint density at radius 1 is 1.27 bits per heavy atom. The minimum Gasteiger partial charge on any atom is -0.488 e. The van der Waals surface area contributed by atoms with Crippen LogP contribution < -0.4 is 15.8 Å². The summed E-state index contributed by atoms with van der Waals surface area (Å²) >= 11 is 3.31. The van der Waals surface area contributed by atoms with Crippen molar-refractivity contribution in [2.24, 2.45) is 5.73 Å². The number of halogens is 2. The van der Waals surface area contributed by atoms with E-state index < -0.39 is 11.9 Å². The lowest BCUT2D eigenvalue weighted by Gasteiger charge is -2.10. The van der Waals surface area contributed by atoms with Gasteiger partial charge in [0, 0.05) is 10.0 Å². The van der Waals surface area contributed by atoms with Crippen LogP contribution >= 0.6 is 15.9 Å². The quantitative estimate of drug-likeness (QED) is 0.574. The van der Waals surface area contributed by atoms with E-state index in [1.165, 1.54) is 18.2 Å². The van der Waals surface area contributed by atoms with E-state index in [0.717, 1.165) is 5.56 Å². The van der Waals surface area contributed by atoms with Crippen molar-refractivity contribution in [1.82, 2.24) is 5.32 Å². The van der Waals surface area contributed by atoms with Crippen LogP contribution in [0.1, 0.15) is 11.1 Å². The Balaban J connectivity index is 2.27. The van der Waals surface area contributed by atoms with E-state index in [9.17, 15) is 14.0 Å². The fourth-order valence-electron chi connectivity index (χ4n) is 1.99. The summed E-state index contributed by atoms with van der Waals surface area (Å²) in [7, 11) is 0. The van der Waals surface area contributed by atoms with E-state index in [1.54, 1.807) is 36.4 Å². The van der Waals surface area contributed by atoms with E-state index in [1.807, 2.05) is 5.32 Å². The molecule has 0 unspecified atom stereocenters. The number of nitrogens with two attached hydrogens (primary N) is 1. The fourth-order valence-corrected chi connectivity index (χ4v) is 2.37. The summed E-state index contributed by atoms with van der Waals surface area (Å²) in [6.45, 7) is 0.165. The molecule has 2 rings (SSSR count). The summed E-state index contributed by atoms with van der Waals surface area (Å²) in [5.41, 5.74) is 5.77. The van der Waals surface area contributed by atoms with Gasteiger partial charge in [0.1, 0.15) is 29.8 Å². The minimum absolute atomic E-state index is 0.165. The van der Waals surface area contributed by atoms with Crippen molar-refractivity contribution in [3.05, 3.63) is 69.5 Å². The van der Waals surface area contributed by atoms with E-state index in [0.29, 0.717) is 15.8 Å². The third kappa shape index (κ3) is 5.43. The second-order valence-electron chi connectivity index (χ2n) is 5.09. The van der Waals surface area contributed by atoms with Crippen molar-refractivity contribution in [3.8, 4) is 11.8 Å². The average molecular weight is 418 g/mol. The van der Waals surface area contributed by atoms with Gasteiger partial charge in [-0.05, 0) is 42.0 Å². The van der Waals surface area contributed by atoms with Gasteiger partial charge in [0.2, 0.25) is 0 Å². The van der Waals surface area contributed by atoms with Crippen molar-refractivity contribution in [1.29, 1.82) is 5.26 Å². The van der Waals surface area contributed by atoms with Crippen LogP contribution in [0.3, 0.4) is 0 Å². The number of urea groups is 1. The maximum Gasteiger partial charge on any atom is 0.319 e. The van der Waals surface area contributed by atoms with Crippen molar-refractivity contribution >= 4 is 33.9 Å². The third-order valence-corrected chi connectivity index (χ3v) is 3.67. The average Bonchev–Trinajstić information content (AvgIpc) is 2.59. The number of ether oxygens (including phenoxy) is 1. The van der Waals surface area contributed by atoms with Gasteiger partial charge in [-0.1, -0.05) is 28.1 Å². The van der Waals surface area contributed by atoms with Crippen LogP contribution in [0, 0.1) is 17.1 Å². The molecule has 3 amide bonds. The molecule has 2 aromatic rings. The standard InChI is InChI=1S/C18H13BrFN3O3/c19-14-3-6-16(26-10-11-1-4-15(20)5-2-11)12(8-14)7-13(9-21)17(24)23-18(22)25/h1-8H,10H2,(H3,22,23,24,25)/b13-7-. The molecule has 0 fully saturated rings. The van der Waals surface area contributed by atoms with Crippen molar-refractivity contribution in [2.75, 3.05) is 0 Å². The van der Waals surface area contributed by atoms with Crippen LogP contribution in [0.15, 0.2) is 52.5 Å². The molecule has 0 aromatic heterocycles. The van der Waals surface area contributed by atoms with E-state index >= 15 is 0 Å². The molecule has 0 aliphatic carbocycles. The number of nitrogens with one attached hydrogen (secondary N) is 1. The molecule has 0 heterocycles. The number of amides is 3. The van der Waals surface area contributed by atoms with Gasteiger partial charge < -0.3 is 10.5 Å². The minimum atomic E-state index is -1.06. The molecular weight excluding hydrogens is 405 g/mol. The highest BCUT2D eigenvalue weighted by atomic mass is 79.9. The summed E-state index contributed by atoms with van der Waals surface area (Å²) < 4.78 is 19.4. The molecule has 0 saturated heterocycles. The number of hydrogen-bond acceptors (Lipinski definition) is 4. The first-order chi connectivity index (χ1) is 12.4. The number of rotatable bonds is 5. The SMILES string of the molecule is N#C/C(=C/c1cc(Br)ccc1OCc1ccc(F)cc1)C(=O)NC(N)=O. The summed E-state index contributed by atoms with van der Waals surface area (Å²) in [4.78, 5) is 22.6. The molecule has 0 radical (unpaired) electrons. The van der Waals surface area contributed by atoms with Gasteiger partial charge in [-0.2, -0.15) is 5.26 Å². The zero-order chi connectivity index (χ0) is 19.1. The summed E-state index contributed by atoms with van der Waals surface area (Å²) in [5, 5.41) is 11.0.